The molecule has 0 spiro atoms. The molecule has 0 heterocycles. The van der Waals surface area contributed by atoms with Gasteiger partial charge in [-0.3, -0.25) is 0 Å². The molecular weight excluding hydrogens is 828 g/mol. The number of aromatic hydroxyl groups is 2. The number of halogens is 4. The second-order valence-electron chi connectivity index (χ2n) is 9.36. The minimum Gasteiger partial charge on any atom is -0.508 e. The number of rotatable bonds is 6. The summed E-state index contributed by atoms with van der Waals surface area (Å²) < 4.78 is 26.6. The lowest BCUT2D eigenvalue weighted by Crippen LogP contribution is -2.19. The Balaban J connectivity index is 0.000000235. The number of hydrogen-bond acceptors (Lipinski definition) is 6. The molecule has 4 aromatic rings. The minimum atomic E-state index is -3.70. The van der Waals surface area contributed by atoms with Crippen molar-refractivity contribution in [2.75, 3.05) is 0 Å². The quantitative estimate of drug-likeness (QED) is 0.151. The molecule has 0 aromatic heterocycles. The van der Waals surface area contributed by atoms with Gasteiger partial charge in [0.05, 0.1) is 29.9 Å². The first-order chi connectivity index (χ1) is 19.5. The maximum absolute atomic E-state index is 12.2. The number of carbonyl (C=O) groups is 2. The van der Waals surface area contributed by atoms with E-state index < -0.39 is 27.2 Å². The lowest BCUT2D eigenvalue weighted by atomic mass is 9.78. The molecule has 8 nitrogen and oxygen atoms in total. The standard InChI is InChI=1S/C16H12Br4O3.C13H10O5S/c1-16(2,8-5-11(19)14(21)12(20)6-8)7-3-9(17)13(15(22)23)10(18)4-7;14-10-3-7-12(8-4-10)19(17,18)11-5-1-9(2-6-11)13(15)16/h3-6,21H,1-2H3,(H,22,23);1-8,14H,(H,15,16). The van der Waals surface area contributed by atoms with Crippen LogP contribution in [0.5, 0.6) is 11.5 Å². The van der Waals surface area contributed by atoms with Gasteiger partial charge in [0.25, 0.3) is 0 Å². The van der Waals surface area contributed by atoms with Gasteiger partial charge in [0, 0.05) is 14.4 Å². The zero-order valence-electron chi connectivity index (χ0n) is 21.8. The number of benzene rings is 4. The Hall–Kier alpha value is -2.71. The van der Waals surface area contributed by atoms with Crippen LogP contribution < -0.4 is 0 Å². The third kappa shape index (κ3) is 7.43. The molecule has 0 amide bonds. The van der Waals surface area contributed by atoms with Crippen molar-refractivity contribution < 1.29 is 38.4 Å². The van der Waals surface area contributed by atoms with E-state index in [-0.39, 0.29) is 32.4 Å². The van der Waals surface area contributed by atoms with Gasteiger partial charge in [-0.2, -0.15) is 0 Å². The average molecular weight is 850 g/mol. The molecule has 0 atom stereocenters. The topological polar surface area (TPSA) is 149 Å². The highest BCUT2D eigenvalue weighted by Gasteiger charge is 2.27. The Morgan fingerprint density at radius 2 is 1.02 bits per heavy atom. The van der Waals surface area contributed by atoms with Gasteiger partial charge >= 0.3 is 11.9 Å². The largest absolute Gasteiger partial charge is 0.508 e. The van der Waals surface area contributed by atoms with Gasteiger partial charge in [-0.05, 0) is 148 Å². The number of carboxylic acids is 2. The summed E-state index contributed by atoms with van der Waals surface area (Å²) in [4.78, 5) is 22.0. The second kappa shape index (κ2) is 13.3. The fourth-order valence-electron chi connectivity index (χ4n) is 3.77. The first kappa shape index (κ1) is 33.8. The van der Waals surface area contributed by atoms with Gasteiger partial charge in [-0.15, -0.1) is 0 Å². The smallest absolute Gasteiger partial charge is 0.337 e. The summed E-state index contributed by atoms with van der Waals surface area (Å²) in [6.07, 6.45) is 0. The van der Waals surface area contributed by atoms with Crippen molar-refractivity contribution in [3.8, 4) is 11.5 Å². The van der Waals surface area contributed by atoms with Gasteiger partial charge < -0.3 is 20.4 Å². The van der Waals surface area contributed by atoms with Crippen LogP contribution in [0.1, 0.15) is 45.7 Å². The molecule has 0 bridgehead atoms. The summed E-state index contributed by atoms with van der Waals surface area (Å²) in [6.45, 7) is 4.07. The van der Waals surface area contributed by atoms with Gasteiger partial charge in [0.1, 0.15) is 11.5 Å². The predicted molar refractivity (Wildman–Crippen MR) is 171 cm³/mol. The Bertz CT molecular complexity index is 1720. The molecule has 0 aliphatic heterocycles. The van der Waals surface area contributed by atoms with E-state index in [9.17, 15) is 28.2 Å². The monoisotopic (exact) mass is 846 g/mol. The molecule has 0 fully saturated rings. The average Bonchev–Trinajstić information content (AvgIpc) is 2.91. The van der Waals surface area contributed by atoms with E-state index in [4.69, 9.17) is 10.2 Å². The van der Waals surface area contributed by atoms with Crippen molar-refractivity contribution in [1.82, 2.24) is 0 Å². The van der Waals surface area contributed by atoms with Gasteiger partial charge in [0.2, 0.25) is 9.84 Å². The number of aromatic carboxylic acids is 2. The van der Waals surface area contributed by atoms with Crippen molar-refractivity contribution in [2.45, 2.75) is 29.1 Å². The third-order valence-electron chi connectivity index (χ3n) is 6.27. The molecule has 42 heavy (non-hydrogen) atoms. The van der Waals surface area contributed by atoms with Crippen LogP contribution in [0.3, 0.4) is 0 Å². The van der Waals surface area contributed by atoms with E-state index in [0.717, 1.165) is 11.1 Å². The van der Waals surface area contributed by atoms with Crippen LogP contribution >= 0.6 is 63.7 Å². The summed E-state index contributed by atoms with van der Waals surface area (Å²) in [6, 6.07) is 17.4. The molecule has 0 radical (unpaired) electrons. The van der Waals surface area contributed by atoms with Crippen molar-refractivity contribution in [2.24, 2.45) is 0 Å². The number of phenols is 2. The maximum atomic E-state index is 12.2. The molecule has 0 aliphatic rings. The van der Waals surface area contributed by atoms with Crippen molar-refractivity contribution in [3.05, 3.63) is 113 Å². The van der Waals surface area contributed by atoms with E-state index in [0.29, 0.717) is 17.9 Å². The van der Waals surface area contributed by atoms with Gasteiger partial charge in [-0.1, -0.05) is 13.8 Å². The zero-order valence-corrected chi connectivity index (χ0v) is 28.9. The molecular formula is C29H22Br4O8S. The number of phenolic OH excluding ortho intramolecular Hbond substituents is 2. The van der Waals surface area contributed by atoms with Crippen LogP contribution in [0.25, 0.3) is 0 Å². The highest BCUT2D eigenvalue weighted by atomic mass is 79.9. The highest BCUT2D eigenvalue weighted by Crippen LogP contribution is 2.42. The SMILES string of the molecule is CC(C)(c1cc(Br)c(O)c(Br)c1)c1cc(Br)c(C(=O)O)c(Br)c1.O=C(O)c1ccc(S(=O)(=O)c2ccc(O)cc2)cc1. The fraction of sp³-hybridized carbons (Fsp3) is 0.103. The first-order valence-corrected chi connectivity index (χ1v) is 16.4. The first-order valence-electron chi connectivity index (χ1n) is 11.8. The normalized spacial score (nSPS) is 11.4. The molecule has 0 saturated heterocycles. The van der Waals surface area contributed by atoms with Crippen LogP contribution in [0, 0.1) is 0 Å². The molecule has 0 unspecified atom stereocenters. The highest BCUT2D eigenvalue weighted by molar-refractivity contribution is 9.11. The number of sulfone groups is 1. The lowest BCUT2D eigenvalue weighted by molar-refractivity contribution is 0.0685. The Morgan fingerprint density at radius 1 is 0.643 bits per heavy atom. The zero-order chi connectivity index (χ0) is 31.6. The number of hydrogen-bond donors (Lipinski definition) is 4. The molecule has 0 saturated carbocycles. The molecule has 4 N–H and O–H groups in total. The third-order valence-corrected chi connectivity index (χ3v) is 10.5. The fourth-order valence-corrected chi connectivity index (χ4v) is 7.74. The summed E-state index contributed by atoms with van der Waals surface area (Å²) in [5, 5.41) is 37.0. The summed E-state index contributed by atoms with van der Waals surface area (Å²) >= 11 is 13.4. The predicted octanol–water partition coefficient (Wildman–Crippen LogP) is 8.39. The van der Waals surface area contributed by atoms with Crippen LogP contribution in [0.4, 0.5) is 0 Å². The molecule has 0 aliphatic carbocycles. The Morgan fingerprint density at radius 3 is 1.40 bits per heavy atom. The summed E-state index contributed by atoms with van der Waals surface area (Å²) in [5.41, 5.74) is 1.71. The molecule has 13 heteroatoms. The minimum absolute atomic E-state index is 0.00295. The van der Waals surface area contributed by atoms with E-state index >= 15 is 0 Å². The van der Waals surface area contributed by atoms with Crippen molar-refractivity contribution in [3.63, 3.8) is 0 Å². The van der Waals surface area contributed by atoms with Crippen molar-refractivity contribution in [1.29, 1.82) is 0 Å². The summed E-state index contributed by atoms with van der Waals surface area (Å²) in [5.74, 6) is -2.00. The van der Waals surface area contributed by atoms with E-state index in [1.54, 1.807) is 0 Å². The van der Waals surface area contributed by atoms with Gasteiger partial charge in [-0.25, -0.2) is 18.0 Å². The van der Waals surface area contributed by atoms with Crippen LogP contribution in [-0.4, -0.2) is 40.8 Å². The lowest BCUT2D eigenvalue weighted by Gasteiger charge is -2.28. The van der Waals surface area contributed by atoms with E-state index in [1.807, 2.05) is 38.1 Å². The Labute approximate surface area is 275 Å². The van der Waals surface area contributed by atoms with Crippen LogP contribution in [0.15, 0.2) is 100 Å². The molecule has 4 aromatic carbocycles. The molecule has 220 valence electrons. The maximum Gasteiger partial charge on any atom is 0.337 e. The number of carboxylic acid groups (broad SMARTS) is 2. The molecule has 4 rings (SSSR count). The van der Waals surface area contributed by atoms with E-state index in [1.165, 1.54) is 48.5 Å². The van der Waals surface area contributed by atoms with E-state index in [2.05, 4.69) is 63.7 Å². The van der Waals surface area contributed by atoms with Crippen LogP contribution in [0.2, 0.25) is 0 Å². The Kier molecular flexibility index (Phi) is 10.7. The van der Waals surface area contributed by atoms with Gasteiger partial charge in [0.15, 0.2) is 0 Å². The summed E-state index contributed by atoms with van der Waals surface area (Å²) in [7, 11) is -3.70. The second-order valence-corrected chi connectivity index (χ2v) is 14.7. The van der Waals surface area contributed by atoms with Crippen molar-refractivity contribution >= 4 is 85.5 Å². The van der Waals surface area contributed by atoms with Crippen LogP contribution in [-0.2, 0) is 15.3 Å².